The number of nitrogens with zero attached hydrogens (tertiary/aromatic N) is 2. The van der Waals surface area contributed by atoms with Gasteiger partial charge in [0.25, 0.3) is 11.8 Å². The Labute approximate surface area is 170 Å². The first-order valence-electron chi connectivity index (χ1n) is 10.4. The van der Waals surface area contributed by atoms with Crippen molar-refractivity contribution in [3.63, 3.8) is 0 Å². The van der Waals surface area contributed by atoms with Crippen LogP contribution in [-0.2, 0) is 19.9 Å². The second-order valence-electron chi connectivity index (χ2n) is 7.96. The first-order chi connectivity index (χ1) is 14.0. The number of rotatable bonds is 5. The summed E-state index contributed by atoms with van der Waals surface area (Å²) >= 11 is 0. The molecule has 8 heteroatoms. The summed E-state index contributed by atoms with van der Waals surface area (Å²) in [4.78, 5) is 40.5. The fourth-order valence-corrected chi connectivity index (χ4v) is 4.76. The molecule has 2 saturated heterocycles. The van der Waals surface area contributed by atoms with Crippen LogP contribution < -0.4 is 10.7 Å². The zero-order valence-corrected chi connectivity index (χ0v) is 16.7. The maximum Gasteiger partial charge on any atom is 0.344 e. The molecule has 2 heterocycles. The molecule has 156 valence electrons. The van der Waals surface area contributed by atoms with Crippen LogP contribution in [0.1, 0.15) is 44.6 Å². The lowest BCUT2D eigenvalue weighted by molar-refractivity contribution is -0.142. The lowest BCUT2D eigenvalue weighted by Crippen LogP contribution is -2.57. The van der Waals surface area contributed by atoms with E-state index in [2.05, 4.69) is 15.6 Å². The zero-order chi connectivity index (χ0) is 20.4. The molecule has 4 amide bonds. The van der Waals surface area contributed by atoms with Crippen LogP contribution in [0.5, 0.6) is 0 Å². The highest BCUT2D eigenvalue weighted by Gasteiger charge is 2.52. The van der Waals surface area contributed by atoms with Gasteiger partial charge in [-0.05, 0) is 24.8 Å². The molecule has 1 aromatic carbocycles. The van der Waals surface area contributed by atoms with E-state index in [4.69, 9.17) is 4.74 Å². The van der Waals surface area contributed by atoms with E-state index in [0.717, 1.165) is 30.7 Å². The average molecular weight is 400 g/mol. The second kappa shape index (κ2) is 8.12. The molecule has 2 aliphatic heterocycles. The van der Waals surface area contributed by atoms with Gasteiger partial charge in [0.2, 0.25) is 0 Å². The van der Waals surface area contributed by atoms with Crippen LogP contribution >= 0.6 is 0 Å². The Morgan fingerprint density at radius 3 is 2.76 bits per heavy atom. The zero-order valence-electron chi connectivity index (χ0n) is 16.7. The lowest BCUT2D eigenvalue weighted by atomic mass is 9.87. The monoisotopic (exact) mass is 400 g/mol. The molecule has 3 fully saturated rings. The number of urea groups is 1. The Hall–Kier alpha value is -2.45. The predicted molar refractivity (Wildman–Crippen MR) is 106 cm³/mol. The van der Waals surface area contributed by atoms with Gasteiger partial charge in [-0.1, -0.05) is 50.1 Å². The number of hydrazine groups is 1. The van der Waals surface area contributed by atoms with Crippen LogP contribution in [-0.4, -0.2) is 59.6 Å². The highest BCUT2D eigenvalue weighted by Crippen LogP contribution is 2.32. The normalized spacial score (nSPS) is 30.0. The number of hydrogen-bond donors (Lipinski definition) is 2. The van der Waals surface area contributed by atoms with Crippen molar-refractivity contribution in [1.82, 2.24) is 20.7 Å². The Bertz CT molecular complexity index is 784. The van der Waals surface area contributed by atoms with Gasteiger partial charge in [-0.3, -0.25) is 19.9 Å². The molecular weight excluding hydrogens is 372 g/mol. The maximum atomic E-state index is 13.1. The van der Waals surface area contributed by atoms with Crippen molar-refractivity contribution in [2.45, 2.75) is 56.7 Å². The number of carbonyl (C=O) groups is 3. The largest absolute Gasteiger partial charge is 0.375 e. The average Bonchev–Trinajstić information content (AvgIpc) is 3.00. The smallest absolute Gasteiger partial charge is 0.344 e. The molecular formula is C21H28N4O4. The summed E-state index contributed by atoms with van der Waals surface area (Å²) in [6.45, 7) is 3.27. The van der Waals surface area contributed by atoms with E-state index in [1.807, 2.05) is 37.3 Å². The summed E-state index contributed by atoms with van der Waals surface area (Å²) in [6, 6.07) is 8.75. The van der Waals surface area contributed by atoms with Gasteiger partial charge in [-0.15, -0.1) is 0 Å². The summed E-state index contributed by atoms with van der Waals surface area (Å²) in [5, 5.41) is 3.61. The topological polar surface area (TPSA) is 91.0 Å². The number of hydrogen-bond acceptors (Lipinski definition) is 5. The minimum absolute atomic E-state index is 0.145. The van der Waals surface area contributed by atoms with Crippen molar-refractivity contribution < 1.29 is 19.1 Å². The Balaban J connectivity index is 1.44. The number of ether oxygens (including phenoxy) is 1. The van der Waals surface area contributed by atoms with E-state index < -0.39 is 17.5 Å². The van der Waals surface area contributed by atoms with Gasteiger partial charge < -0.3 is 10.1 Å². The molecule has 0 spiro atoms. The molecule has 2 N–H and O–H groups in total. The second-order valence-corrected chi connectivity index (χ2v) is 7.96. The van der Waals surface area contributed by atoms with E-state index in [9.17, 15) is 14.4 Å². The molecule has 1 aromatic rings. The molecule has 8 nitrogen and oxygen atoms in total. The fourth-order valence-electron chi connectivity index (χ4n) is 4.76. The quantitative estimate of drug-likeness (QED) is 0.732. The van der Waals surface area contributed by atoms with Gasteiger partial charge in [0, 0.05) is 12.6 Å². The van der Waals surface area contributed by atoms with Crippen molar-refractivity contribution in [3.8, 4) is 0 Å². The third-order valence-corrected chi connectivity index (χ3v) is 6.32. The van der Waals surface area contributed by atoms with E-state index in [-0.39, 0.29) is 24.6 Å². The van der Waals surface area contributed by atoms with Crippen molar-refractivity contribution in [3.05, 3.63) is 35.9 Å². The van der Waals surface area contributed by atoms with Crippen LogP contribution in [0.2, 0.25) is 0 Å². The van der Waals surface area contributed by atoms with E-state index >= 15 is 0 Å². The number of morpholine rings is 1. The van der Waals surface area contributed by atoms with Crippen LogP contribution in [0.4, 0.5) is 4.79 Å². The first kappa shape index (κ1) is 19.8. The SMILES string of the molecule is CCC1(c2ccccc2)NC(=O)N(NC(=O)CN2CCOC3CCCCC32)C1=O. The summed E-state index contributed by atoms with van der Waals surface area (Å²) in [5.74, 6) is -0.818. The van der Waals surface area contributed by atoms with Crippen LogP contribution in [0.15, 0.2) is 30.3 Å². The van der Waals surface area contributed by atoms with Gasteiger partial charge in [0.15, 0.2) is 0 Å². The first-order valence-corrected chi connectivity index (χ1v) is 10.4. The number of imide groups is 1. The van der Waals surface area contributed by atoms with Crippen molar-refractivity contribution in [2.24, 2.45) is 0 Å². The predicted octanol–water partition coefficient (Wildman–Crippen LogP) is 1.52. The summed E-state index contributed by atoms with van der Waals surface area (Å²) in [7, 11) is 0. The Kier molecular flexibility index (Phi) is 5.56. The van der Waals surface area contributed by atoms with Crippen LogP contribution in [0.3, 0.4) is 0 Å². The highest BCUT2D eigenvalue weighted by molar-refractivity contribution is 6.08. The van der Waals surface area contributed by atoms with E-state index in [1.165, 1.54) is 0 Å². The summed E-state index contributed by atoms with van der Waals surface area (Å²) in [5.41, 5.74) is 2.08. The minimum Gasteiger partial charge on any atom is -0.375 e. The van der Waals surface area contributed by atoms with Crippen molar-refractivity contribution in [1.29, 1.82) is 0 Å². The molecule has 29 heavy (non-hydrogen) atoms. The van der Waals surface area contributed by atoms with Crippen molar-refractivity contribution in [2.75, 3.05) is 19.7 Å². The molecule has 0 aromatic heterocycles. The van der Waals surface area contributed by atoms with Gasteiger partial charge in [-0.25, -0.2) is 4.79 Å². The standard InChI is InChI=1S/C21H28N4O4/c1-2-21(15-8-4-3-5-9-15)19(27)25(20(28)22-21)23-18(26)14-24-12-13-29-17-11-7-6-10-16(17)24/h3-5,8-9,16-17H,2,6-7,10-14H2,1H3,(H,22,28)(H,23,26). The van der Waals surface area contributed by atoms with Gasteiger partial charge in [-0.2, -0.15) is 5.01 Å². The molecule has 3 unspecified atom stereocenters. The van der Waals surface area contributed by atoms with Gasteiger partial charge in [0.1, 0.15) is 5.54 Å². The molecule has 3 atom stereocenters. The molecule has 1 aliphatic carbocycles. The molecule has 0 bridgehead atoms. The highest BCUT2D eigenvalue weighted by atomic mass is 16.5. The third-order valence-electron chi connectivity index (χ3n) is 6.32. The minimum atomic E-state index is -1.15. The maximum absolute atomic E-state index is 13.1. The van der Waals surface area contributed by atoms with E-state index in [0.29, 0.717) is 25.1 Å². The van der Waals surface area contributed by atoms with E-state index in [1.54, 1.807) is 0 Å². The van der Waals surface area contributed by atoms with Crippen LogP contribution in [0, 0.1) is 0 Å². The number of amides is 4. The molecule has 3 aliphatic rings. The Morgan fingerprint density at radius 1 is 1.24 bits per heavy atom. The number of benzene rings is 1. The van der Waals surface area contributed by atoms with Gasteiger partial charge in [0.05, 0.1) is 19.3 Å². The third kappa shape index (κ3) is 3.62. The number of carbonyl (C=O) groups excluding carboxylic acids is 3. The molecule has 4 rings (SSSR count). The number of fused-ring (bicyclic) bond motifs is 1. The summed E-state index contributed by atoms with van der Waals surface area (Å²) in [6.07, 6.45) is 4.88. The van der Waals surface area contributed by atoms with Crippen molar-refractivity contribution >= 4 is 17.8 Å². The molecule has 1 saturated carbocycles. The Morgan fingerprint density at radius 2 is 2.00 bits per heavy atom. The lowest BCUT2D eigenvalue weighted by Gasteiger charge is -2.43. The number of nitrogens with one attached hydrogen (secondary N) is 2. The fraction of sp³-hybridized carbons (Fsp3) is 0.571. The van der Waals surface area contributed by atoms with Gasteiger partial charge >= 0.3 is 6.03 Å². The molecule has 0 radical (unpaired) electrons. The summed E-state index contributed by atoms with van der Waals surface area (Å²) < 4.78 is 5.85. The van der Waals surface area contributed by atoms with Crippen LogP contribution in [0.25, 0.3) is 0 Å².